The maximum absolute atomic E-state index is 13.9. The van der Waals surface area contributed by atoms with Crippen molar-refractivity contribution >= 4 is 55.0 Å². The summed E-state index contributed by atoms with van der Waals surface area (Å²) in [5.41, 5.74) is 23.2. The maximum atomic E-state index is 13.9. The predicted octanol–water partition coefficient (Wildman–Crippen LogP) is 19.4. The lowest BCUT2D eigenvalue weighted by atomic mass is 9.62. The molecule has 4 N–H and O–H groups in total. The summed E-state index contributed by atoms with van der Waals surface area (Å²) < 4.78 is 0. The number of carboxylic acid groups (broad SMARTS) is 2. The summed E-state index contributed by atoms with van der Waals surface area (Å²) >= 11 is 0. The molecule has 0 heterocycles. The van der Waals surface area contributed by atoms with E-state index in [1.165, 1.54) is 121 Å². The van der Waals surface area contributed by atoms with Gasteiger partial charge in [-0.05, 0) is 230 Å². The molecule has 0 saturated carbocycles. The maximum Gasteiger partial charge on any atom is 0.303 e. The summed E-state index contributed by atoms with van der Waals surface area (Å²) in [6.45, 7) is 9.03. The molecular formula is C76H80O6. The lowest BCUT2D eigenvalue weighted by Crippen LogP contribution is -2.31. The van der Waals surface area contributed by atoms with Gasteiger partial charge in [-0.1, -0.05) is 153 Å². The fraction of sp³-hybridized carbons (Fsp3) is 0.447. The lowest BCUT2D eigenvalue weighted by Gasteiger charge is -2.43. The minimum absolute atomic E-state index is 0.00956. The molecule has 0 amide bonds. The number of carbonyl (C=O) groups is 2. The van der Waals surface area contributed by atoms with E-state index in [1.54, 1.807) is 0 Å². The summed E-state index contributed by atoms with van der Waals surface area (Å²) in [6, 6.07) is 28.5. The highest BCUT2D eigenvalue weighted by Crippen LogP contribution is 2.69. The summed E-state index contributed by atoms with van der Waals surface area (Å²) in [4.78, 5) is 27.6. The largest absolute Gasteiger partial charge is 0.481 e. The predicted molar refractivity (Wildman–Crippen MR) is 334 cm³/mol. The number of aryl methyl sites for hydroxylation is 4. The first-order valence-electron chi connectivity index (χ1n) is 32.4. The second-order valence-electron chi connectivity index (χ2n) is 26.4. The van der Waals surface area contributed by atoms with Crippen LogP contribution in [0.3, 0.4) is 0 Å². The molecular weight excluding hydrogens is 1010 g/mol. The van der Waals surface area contributed by atoms with Gasteiger partial charge in [-0.2, -0.15) is 0 Å². The van der Waals surface area contributed by atoms with E-state index in [4.69, 9.17) is 0 Å². The van der Waals surface area contributed by atoms with E-state index < -0.39 is 24.1 Å². The molecule has 8 atom stereocenters. The van der Waals surface area contributed by atoms with Crippen LogP contribution in [0.15, 0.2) is 72.8 Å². The summed E-state index contributed by atoms with van der Waals surface area (Å²) in [7, 11) is 0. The van der Waals surface area contributed by atoms with E-state index in [9.17, 15) is 30.0 Å². The highest BCUT2D eigenvalue weighted by Gasteiger charge is 2.54. The van der Waals surface area contributed by atoms with Crippen LogP contribution in [-0.4, -0.2) is 32.4 Å². The Morgan fingerprint density at radius 3 is 0.902 bits per heavy atom. The van der Waals surface area contributed by atoms with Crippen molar-refractivity contribution in [3.05, 3.63) is 140 Å². The van der Waals surface area contributed by atoms with E-state index in [2.05, 4.69) is 100 Å². The van der Waals surface area contributed by atoms with Crippen molar-refractivity contribution in [3.8, 4) is 44.5 Å². The van der Waals surface area contributed by atoms with Crippen molar-refractivity contribution in [1.82, 2.24) is 0 Å². The number of hydrogen-bond donors (Lipinski definition) is 4. The minimum atomic E-state index is -0.828. The third-order valence-corrected chi connectivity index (χ3v) is 22.1. The van der Waals surface area contributed by atoms with Gasteiger partial charge < -0.3 is 20.4 Å². The van der Waals surface area contributed by atoms with E-state index in [-0.39, 0.29) is 48.3 Å². The normalized spacial score (nSPS) is 21.8. The van der Waals surface area contributed by atoms with Gasteiger partial charge in [-0.3, -0.25) is 9.59 Å². The molecule has 0 fully saturated rings. The van der Waals surface area contributed by atoms with Crippen LogP contribution in [0.1, 0.15) is 258 Å². The Bertz CT molecular complexity index is 3780. The van der Waals surface area contributed by atoms with Crippen LogP contribution in [0, 0.1) is 0 Å². The van der Waals surface area contributed by atoms with E-state index in [0.717, 1.165) is 162 Å². The van der Waals surface area contributed by atoms with Gasteiger partial charge in [0.25, 0.3) is 0 Å². The number of fused-ring (bicyclic) bond motifs is 16. The number of hydrogen-bond acceptors (Lipinski definition) is 4. The van der Waals surface area contributed by atoms with Crippen molar-refractivity contribution < 1.29 is 30.0 Å². The van der Waals surface area contributed by atoms with Crippen LogP contribution in [0.2, 0.25) is 0 Å². The molecule has 14 rings (SSSR count). The van der Waals surface area contributed by atoms with Crippen molar-refractivity contribution in [1.29, 1.82) is 0 Å². The summed E-state index contributed by atoms with van der Waals surface area (Å²) in [5.74, 6) is -3.37. The van der Waals surface area contributed by atoms with Crippen LogP contribution >= 0.6 is 0 Å². The molecule has 0 spiro atoms. The third-order valence-electron chi connectivity index (χ3n) is 22.1. The van der Waals surface area contributed by atoms with E-state index in [1.807, 2.05) is 0 Å². The smallest absolute Gasteiger partial charge is 0.303 e. The van der Waals surface area contributed by atoms with Crippen molar-refractivity contribution in [2.45, 2.75) is 217 Å². The molecule has 6 heteroatoms. The second kappa shape index (κ2) is 20.2. The Balaban J connectivity index is 1.10. The molecule has 8 aromatic rings. The topological polar surface area (TPSA) is 115 Å². The highest BCUT2D eigenvalue weighted by molar-refractivity contribution is 6.22. The van der Waals surface area contributed by atoms with Gasteiger partial charge in [0.2, 0.25) is 0 Å². The van der Waals surface area contributed by atoms with Crippen LogP contribution in [0.25, 0.3) is 87.6 Å². The van der Waals surface area contributed by atoms with Crippen LogP contribution in [0.4, 0.5) is 0 Å². The molecule has 8 aromatic carbocycles. The lowest BCUT2D eigenvalue weighted by molar-refractivity contribution is -0.138. The summed E-state index contributed by atoms with van der Waals surface area (Å²) in [6.07, 6.45) is 18.8. The Morgan fingerprint density at radius 2 is 0.622 bits per heavy atom. The monoisotopic (exact) mass is 1090 g/mol. The van der Waals surface area contributed by atoms with Crippen LogP contribution in [-0.2, 0) is 35.3 Å². The van der Waals surface area contributed by atoms with Gasteiger partial charge in [0.15, 0.2) is 0 Å². The van der Waals surface area contributed by atoms with E-state index in [0.29, 0.717) is 0 Å². The standard InChI is InChI=1S/C76H80O6/c1-5-9-13-17-21-39-51-33-55-43-25-30-48-68-50-32-27-45(63(43)68)57(55)35-53(51)41(23-19-15-11-7-3)71-65(39)59(37-61(77)78)69-47-29-26-44-56-34-52-40(22-18-14-10-6-2)66-60(38-62(79)80)70(48)74(50)76(82)72(66)42(24-20-16-12-8-4)54(52)36-58(56)46-28-31-49(67(47)64(44)46)73(69)75(71)81/h25-36,59-60,69-70,73-76,81-82H,5-24,37-38H2,1-4H3,(H,77,78)(H,79,80). The van der Waals surface area contributed by atoms with Crippen LogP contribution in [0.5, 0.6) is 0 Å². The molecule has 82 heavy (non-hydrogen) atoms. The number of aliphatic hydroxyl groups is 2. The fourth-order valence-corrected chi connectivity index (χ4v) is 18.9. The molecule has 0 radical (unpaired) electrons. The van der Waals surface area contributed by atoms with E-state index >= 15 is 0 Å². The van der Waals surface area contributed by atoms with Gasteiger partial charge in [0, 0.05) is 35.5 Å². The van der Waals surface area contributed by atoms with Gasteiger partial charge >= 0.3 is 11.9 Å². The number of aliphatic hydroxyl groups excluding tert-OH is 2. The van der Waals surface area contributed by atoms with Gasteiger partial charge in [-0.15, -0.1) is 0 Å². The molecule has 420 valence electrons. The second-order valence-corrected chi connectivity index (χ2v) is 26.4. The third kappa shape index (κ3) is 7.37. The average Bonchev–Trinajstić information content (AvgIpc) is 2.23. The van der Waals surface area contributed by atoms with Gasteiger partial charge in [-0.25, -0.2) is 0 Å². The minimum Gasteiger partial charge on any atom is -0.481 e. The first-order chi connectivity index (χ1) is 40.1. The number of carboxylic acids is 2. The number of aliphatic carboxylic acids is 2. The van der Waals surface area contributed by atoms with Crippen molar-refractivity contribution in [2.24, 2.45) is 0 Å². The molecule has 0 saturated heterocycles. The highest BCUT2D eigenvalue weighted by atomic mass is 16.4. The van der Waals surface area contributed by atoms with Crippen LogP contribution < -0.4 is 0 Å². The fourth-order valence-electron chi connectivity index (χ4n) is 18.9. The molecule has 6 nitrogen and oxygen atoms in total. The quantitative estimate of drug-likeness (QED) is 0.0448. The van der Waals surface area contributed by atoms with Gasteiger partial charge in [0.05, 0.1) is 25.0 Å². The molecule has 6 aliphatic carbocycles. The Labute approximate surface area is 483 Å². The zero-order valence-electron chi connectivity index (χ0n) is 48.7. The molecule has 0 aliphatic heterocycles. The van der Waals surface area contributed by atoms with Gasteiger partial charge in [0.1, 0.15) is 0 Å². The van der Waals surface area contributed by atoms with Crippen molar-refractivity contribution in [3.63, 3.8) is 0 Å². The SMILES string of the molecule is CCCCCCc1c2c3c(CCCCCC)c4cc5c(cc14)-c1ccc4c6c(ccc-5c16)C1C(CC(=O)O)c5c(c(CCCCCC)c6cc7c(cc6c5CCCCCC)-c5ccc6c8c(ccc-7c58)C(C2O)C6C3CC(=O)O)C(O)C41. The molecule has 0 aromatic heterocycles. The Kier molecular flexibility index (Phi) is 12.9. The molecule has 0 bridgehead atoms. The molecule has 8 unspecified atom stereocenters. The first-order valence-corrected chi connectivity index (χ1v) is 32.4. The number of rotatable bonds is 24. The first kappa shape index (κ1) is 52.5. The average molecular weight is 1090 g/mol. The Hall–Kier alpha value is -6.34. The number of unbranched alkanes of at least 4 members (excludes halogenated alkanes) is 12. The molecule has 6 aliphatic rings. The number of benzene rings is 8. The zero-order chi connectivity index (χ0) is 56.0. The zero-order valence-corrected chi connectivity index (χ0v) is 48.7. The van der Waals surface area contributed by atoms with Crippen molar-refractivity contribution in [2.75, 3.05) is 0 Å². The Morgan fingerprint density at radius 1 is 0.341 bits per heavy atom. The summed E-state index contributed by atoms with van der Waals surface area (Å²) in [5, 5.41) is 60.0.